The Labute approximate surface area is 193 Å². The average molecular weight is 456 g/mol. The quantitative estimate of drug-likeness (QED) is 0.748. The van der Waals surface area contributed by atoms with E-state index in [1.54, 1.807) is 11.2 Å². The number of nitrogens with zero attached hydrogens (tertiary/aromatic N) is 5. The number of piperazine rings is 1. The number of anilines is 1. The van der Waals surface area contributed by atoms with Gasteiger partial charge in [-0.15, -0.1) is 0 Å². The monoisotopic (exact) mass is 455 g/mol. The topological polar surface area (TPSA) is 101 Å². The highest BCUT2D eigenvalue weighted by Gasteiger charge is 2.39. The summed E-state index contributed by atoms with van der Waals surface area (Å²) in [7, 11) is 0. The zero-order valence-corrected chi connectivity index (χ0v) is 19.8. The van der Waals surface area contributed by atoms with Gasteiger partial charge in [-0.3, -0.25) is 4.79 Å². The molecule has 2 saturated carbocycles. The molecule has 33 heavy (non-hydrogen) atoms. The number of fused-ring (bicyclic) bond motifs is 1. The lowest BCUT2D eigenvalue weighted by atomic mass is 9.80. The first-order valence-electron chi connectivity index (χ1n) is 11.9. The molecular formula is C24H33N5O4. The van der Waals surface area contributed by atoms with E-state index >= 15 is 0 Å². The number of carbonyl (C=O) groups excluding carboxylic acids is 1. The van der Waals surface area contributed by atoms with Crippen LogP contribution in [0.2, 0.25) is 0 Å². The molecule has 1 N–H and O–H groups in total. The number of aliphatic carboxylic acids is 1. The van der Waals surface area contributed by atoms with Gasteiger partial charge < -0.3 is 24.2 Å². The van der Waals surface area contributed by atoms with E-state index in [9.17, 15) is 14.7 Å². The molecule has 0 radical (unpaired) electrons. The van der Waals surface area contributed by atoms with Gasteiger partial charge in [-0.25, -0.2) is 14.8 Å². The predicted octanol–water partition coefficient (Wildman–Crippen LogP) is 3.79. The Balaban J connectivity index is 1.42. The molecule has 2 aliphatic carbocycles. The summed E-state index contributed by atoms with van der Waals surface area (Å²) in [5.74, 6) is 0.467. The van der Waals surface area contributed by atoms with Crippen molar-refractivity contribution in [2.75, 3.05) is 24.5 Å². The first kappa shape index (κ1) is 22.0. The van der Waals surface area contributed by atoms with Crippen LogP contribution in [0.25, 0.3) is 11.0 Å². The molecule has 1 amide bonds. The molecule has 9 heteroatoms. The summed E-state index contributed by atoms with van der Waals surface area (Å²) in [5.41, 5.74) is 1.66. The van der Waals surface area contributed by atoms with Crippen LogP contribution >= 0.6 is 0 Å². The minimum absolute atomic E-state index is 0.0832. The zero-order chi connectivity index (χ0) is 23.5. The van der Waals surface area contributed by atoms with Gasteiger partial charge in [0.25, 0.3) is 0 Å². The van der Waals surface area contributed by atoms with E-state index in [0.717, 1.165) is 29.7 Å². The largest absolute Gasteiger partial charge is 0.481 e. The maximum atomic E-state index is 12.6. The van der Waals surface area contributed by atoms with Crippen molar-refractivity contribution >= 4 is 28.9 Å². The second-order valence-electron chi connectivity index (χ2n) is 10.8. The molecule has 1 aliphatic heterocycles. The number of ether oxygens (including phenoxy) is 1. The fraction of sp³-hybridized carbons (Fsp3) is 0.667. The van der Waals surface area contributed by atoms with Crippen molar-refractivity contribution in [2.24, 2.45) is 5.92 Å². The summed E-state index contributed by atoms with van der Waals surface area (Å²) >= 11 is 0. The summed E-state index contributed by atoms with van der Waals surface area (Å²) in [6.45, 7) is 9.58. The summed E-state index contributed by atoms with van der Waals surface area (Å²) in [4.78, 5) is 37.3. The van der Waals surface area contributed by atoms with E-state index in [1.807, 2.05) is 20.8 Å². The van der Waals surface area contributed by atoms with Crippen LogP contribution in [0.3, 0.4) is 0 Å². The normalized spacial score (nSPS) is 25.8. The van der Waals surface area contributed by atoms with Crippen molar-refractivity contribution in [3.05, 3.63) is 18.1 Å². The number of carboxylic acid groups (broad SMARTS) is 1. The maximum Gasteiger partial charge on any atom is 0.410 e. The Hall–Kier alpha value is -2.84. The number of amides is 1. The molecule has 2 aromatic heterocycles. The third-order valence-electron chi connectivity index (χ3n) is 7.04. The average Bonchev–Trinajstić information content (AvgIpc) is 3.47. The molecule has 0 bridgehead atoms. The van der Waals surface area contributed by atoms with Crippen LogP contribution in [0.5, 0.6) is 0 Å². The van der Waals surface area contributed by atoms with Crippen LogP contribution in [-0.4, -0.2) is 67.9 Å². The molecule has 1 saturated heterocycles. The number of hydrogen-bond donors (Lipinski definition) is 1. The van der Waals surface area contributed by atoms with E-state index in [-0.39, 0.29) is 24.1 Å². The van der Waals surface area contributed by atoms with Gasteiger partial charge in [0.15, 0.2) is 0 Å². The van der Waals surface area contributed by atoms with Gasteiger partial charge in [0.05, 0.1) is 11.3 Å². The van der Waals surface area contributed by atoms with E-state index in [1.165, 1.54) is 5.56 Å². The third-order valence-corrected chi connectivity index (χ3v) is 7.04. The maximum absolute atomic E-state index is 12.6. The number of carboxylic acids is 1. The molecule has 2 aromatic rings. The molecule has 9 nitrogen and oxygen atoms in total. The van der Waals surface area contributed by atoms with Crippen LogP contribution in [-0.2, 0) is 9.53 Å². The minimum Gasteiger partial charge on any atom is -0.481 e. The number of hydrogen-bond acceptors (Lipinski definition) is 6. The molecule has 3 fully saturated rings. The van der Waals surface area contributed by atoms with Crippen molar-refractivity contribution in [3.63, 3.8) is 0 Å². The fourth-order valence-electron chi connectivity index (χ4n) is 5.08. The van der Waals surface area contributed by atoms with Gasteiger partial charge in [-0.2, -0.15) is 0 Å². The van der Waals surface area contributed by atoms with E-state index < -0.39 is 11.6 Å². The van der Waals surface area contributed by atoms with E-state index in [4.69, 9.17) is 9.72 Å². The highest BCUT2D eigenvalue weighted by atomic mass is 16.6. The van der Waals surface area contributed by atoms with Crippen molar-refractivity contribution in [3.8, 4) is 0 Å². The van der Waals surface area contributed by atoms with Crippen LogP contribution in [0.15, 0.2) is 12.5 Å². The fourth-order valence-corrected chi connectivity index (χ4v) is 5.08. The Morgan fingerprint density at radius 3 is 2.48 bits per heavy atom. The second-order valence-corrected chi connectivity index (χ2v) is 10.8. The standard InChI is InChI=1S/C24H33N5O4/c1-14-11-27(23(32)33-24(2,3)4)7-8-28(14)20-19-18(15-5-6-15)12-29(21(19)26-13-25-20)17-9-16(10-17)22(30)31/h12-17H,5-11H2,1-4H3,(H,30,31). The Bertz CT molecular complexity index is 1080. The molecule has 3 aliphatic rings. The zero-order valence-electron chi connectivity index (χ0n) is 19.8. The number of carbonyl (C=O) groups is 2. The molecule has 0 aromatic carbocycles. The first-order chi connectivity index (χ1) is 15.6. The van der Waals surface area contributed by atoms with Crippen LogP contribution in [0.1, 0.15) is 70.9 Å². The molecular weight excluding hydrogens is 422 g/mol. The number of aromatic nitrogens is 3. The third kappa shape index (κ3) is 4.13. The second kappa shape index (κ2) is 7.88. The lowest BCUT2D eigenvalue weighted by Gasteiger charge is -2.41. The minimum atomic E-state index is -0.711. The summed E-state index contributed by atoms with van der Waals surface area (Å²) < 4.78 is 7.76. The van der Waals surface area contributed by atoms with Gasteiger partial charge in [0, 0.05) is 37.9 Å². The van der Waals surface area contributed by atoms with Crippen LogP contribution in [0.4, 0.5) is 10.6 Å². The number of rotatable bonds is 4. The predicted molar refractivity (Wildman–Crippen MR) is 124 cm³/mol. The van der Waals surface area contributed by atoms with Crippen LogP contribution in [0, 0.1) is 5.92 Å². The molecule has 0 spiro atoms. The molecule has 5 rings (SSSR count). The smallest absolute Gasteiger partial charge is 0.410 e. The Morgan fingerprint density at radius 1 is 1.15 bits per heavy atom. The molecule has 3 heterocycles. The van der Waals surface area contributed by atoms with Gasteiger partial charge in [0.2, 0.25) is 0 Å². The van der Waals surface area contributed by atoms with Gasteiger partial charge >= 0.3 is 12.1 Å². The van der Waals surface area contributed by atoms with Gasteiger partial charge in [-0.05, 0) is 64.9 Å². The van der Waals surface area contributed by atoms with E-state index in [2.05, 4.69) is 27.6 Å². The SMILES string of the molecule is CC1CN(C(=O)OC(C)(C)C)CCN1c1ncnc2c1c(C1CC1)cn2C1CC(C(=O)O)C1. The van der Waals surface area contributed by atoms with Crippen molar-refractivity contribution in [2.45, 2.75) is 77.0 Å². The summed E-state index contributed by atoms with van der Waals surface area (Å²) in [6.07, 6.45) is 7.16. The van der Waals surface area contributed by atoms with Gasteiger partial charge in [0.1, 0.15) is 23.4 Å². The summed E-state index contributed by atoms with van der Waals surface area (Å²) in [5, 5.41) is 10.4. The summed E-state index contributed by atoms with van der Waals surface area (Å²) in [6, 6.07) is 0.255. The van der Waals surface area contributed by atoms with Crippen molar-refractivity contribution < 1.29 is 19.4 Å². The Kier molecular flexibility index (Phi) is 5.25. The van der Waals surface area contributed by atoms with Crippen molar-refractivity contribution in [1.82, 2.24) is 19.4 Å². The van der Waals surface area contributed by atoms with E-state index in [0.29, 0.717) is 38.4 Å². The Morgan fingerprint density at radius 2 is 1.88 bits per heavy atom. The molecule has 178 valence electrons. The molecule has 1 unspecified atom stereocenters. The van der Waals surface area contributed by atoms with Crippen molar-refractivity contribution in [1.29, 1.82) is 0 Å². The lowest BCUT2D eigenvalue weighted by molar-refractivity contribution is -0.145. The van der Waals surface area contributed by atoms with Crippen LogP contribution < -0.4 is 4.90 Å². The highest BCUT2D eigenvalue weighted by Crippen LogP contribution is 2.48. The first-order valence-corrected chi connectivity index (χ1v) is 11.9. The molecule has 1 atom stereocenters. The lowest BCUT2D eigenvalue weighted by Crippen LogP contribution is -2.54. The van der Waals surface area contributed by atoms with Gasteiger partial charge in [-0.1, -0.05) is 0 Å². The highest BCUT2D eigenvalue weighted by molar-refractivity contribution is 5.92.